The van der Waals surface area contributed by atoms with Gasteiger partial charge >= 0.3 is 0 Å². The number of methoxy groups -OCH3 is 3. The predicted octanol–water partition coefficient (Wildman–Crippen LogP) is 5.14. The standard InChI is InChI=1S/C33H45N3O6/c1-7-19(2)30(33(39)35-22-11-9-8-10-12-22)36-26-16-14-23-24(18-27(26)38)25(34-20(3)37)15-13-21-17-28(40-4)31(41-5)32(42-6)29(21)23/h14,16-19,22,25,30H,7-13,15H2,1-6H3,(H,34,37)(H,35,39)(H,36,38)/t19-,25+,30-/m0/s1. The highest BCUT2D eigenvalue weighted by Crippen LogP contribution is 2.50. The van der Waals surface area contributed by atoms with Gasteiger partial charge in [0, 0.05) is 18.5 Å². The van der Waals surface area contributed by atoms with Gasteiger partial charge in [-0.05, 0) is 66.5 Å². The lowest BCUT2D eigenvalue weighted by Gasteiger charge is -2.28. The molecule has 3 atom stereocenters. The average molecular weight is 580 g/mol. The summed E-state index contributed by atoms with van der Waals surface area (Å²) in [6, 6.07) is 6.32. The van der Waals surface area contributed by atoms with Crippen molar-refractivity contribution >= 4 is 17.5 Å². The van der Waals surface area contributed by atoms with Gasteiger partial charge in [-0.25, -0.2) is 0 Å². The molecule has 0 aromatic heterocycles. The Balaban J connectivity index is 1.84. The molecular formula is C33H45N3O6. The van der Waals surface area contributed by atoms with Crippen molar-refractivity contribution < 1.29 is 23.8 Å². The molecule has 2 aromatic carbocycles. The van der Waals surface area contributed by atoms with Crippen LogP contribution < -0.4 is 35.6 Å². The maximum Gasteiger partial charge on any atom is 0.242 e. The number of hydrogen-bond donors (Lipinski definition) is 3. The molecule has 0 heterocycles. The smallest absolute Gasteiger partial charge is 0.242 e. The molecule has 3 N–H and O–H groups in total. The normalized spacial score (nSPS) is 17.9. The van der Waals surface area contributed by atoms with E-state index < -0.39 is 12.1 Å². The summed E-state index contributed by atoms with van der Waals surface area (Å²) in [5, 5.41) is 9.57. The monoisotopic (exact) mass is 579 g/mol. The molecule has 2 aliphatic carbocycles. The minimum atomic E-state index is -0.566. The Morgan fingerprint density at radius 3 is 2.29 bits per heavy atom. The maximum absolute atomic E-state index is 13.8. The fourth-order valence-electron chi connectivity index (χ4n) is 6.23. The van der Waals surface area contributed by atoms with Gasteiger partial charge in [0.2, 0.25) is 23.0 Å². The SMILES string of the molecule is CC[C@H](C)[C@H](Nc1ccc2c(cc1=O)[C@H](NC(C)=O)CCc1cc(OC)c(OC)c(OC)c1-2)C(=O)NC1CCCCC1. The number of ether oxygens (including phenoxy) is 3. The number of benzene rings is 1. The largest absolute Gasteiger partial charge is 0.493 e. The molecule has 9 heteroatoms. The molecule has 0 unspecified atom stereocenters. The highest BCUT2D eigenvalue weighted by molar-refractivity contribution is 5.86. The van der Waals surface area contributed by atoms with Crippen LogP contribution in [-0.2, 0) is 16.0 Å². The molecule has 0 bridgehead atoms. The van der Waals surface area contributed by atoms with Crippen molar-refractivity contribution in [2.24, 2.45) is 5.92 Å². The second kappa shape index (κ2) is 13.9. The molecule has 1 fully saturated rings. The van der Waals surface area contributed by atoms with Crippen molar-refractivity contribution in [3.8, 4) is 28.4 Å². The minimum absolute atomic E-state index is 0.000927. The van der Waals surface area contributed by atoms with E-state index in [0.717, 1.165) is 48.8 Å². The van der Waals surface area contributed by atoms with Crippen LogP contribution in [-0.4, -0.2) is 45.2 Å². The Bertz CT molecular complexity index is 1350. The summed E-state index contributed by atoms with van der Waals surface area (Å²) < 4.78 is 17.2. The van der Waals surface area contributed by atoms with Gasteiger partial charge in [-0.15, -0.1) is 0 Å². The lowest BCUT2D eigenvalue weighted by molar-refractivity contribution is -0.123. The Morgan fingerprint density at radius 1 is 0.952 bits per heavy atom. The first kappa shape index (κ1) is 31.2. The van der Waals surface area contributed by atoms with Crippen molar-refractivity contribution in [3.05, 3.63) is 45.6 Å². The molecule has 9 nitrogen and oxygen atoms in total. The lowest BCUT2D eigenvalue weighted by Crippen LogP contribution is -2.48. The van der Waals surface area contributed by atoms with Crippen molar-refractivity contribution in [1.29, 1.82) is 0 Å². The van der Waals surface area contributed by atoms with Gasteiger partial charge in [0.1, 0.15) is 6.04 Å². The molecule has 0 aliphatic heterocycles. The second-order valence-corrected chi connectivity index (χ2v) is 11.4. The molecule has 1 saturated carbocycles. The second-order valence-electron chi connectivity index (χ2n) is 11.4. The molecular weight excluding hydrogens is 534 g/mol. The zero-order valence-electron chi connectivity index (χ0n) is 25.7. The van der Waals surface area contributed by atoms with Gasteiger partial charge in [0.15, 0.2) is 11.5 Å². The topological polar surface area (TPSA) is 115 Å². The number of rotatable bonds is 10. The van der Waals surface area contributed by atoms with Crippen LogP contribution >= 0.6 is 0 Å². The highest BCUT2D eigenvalue weighted by atomic mass is 16.5. The van der Waals surface area contributed by atoms with Crippen LogP contribution in [0.3, 0.4) is 0 Å². The number of amides is 2. The van der Waals surface area contributed by atoms with Gasteiger partial charge < -0.3 is 30.2 Å². The van der Waals surface area contributed by atoms with E-state index in [4.69, 9.17) is 14.2 Å². The van der Waals surface area contributed by atoms with E-state index >= 15 is 0 Å². The quantitative estimate of drug-likeness (QED) is 0.357. The summed E-state index contributed by atoms with van der Waals surface area (Å²) >= 11 is 0. The van der Waals surface area contributed by atoms with Crippen molar-refractivity contribution in [3.63, 3.8) is 0 Å². The first-order chi connectivity index (χ1) is 20.2. The third-order valence-electron chi connectivity index (χ3n) is 8.67. The summed E-state index contributed by atoms with van der Waals surface area (Å²) in [7, 11) is 4.71. The molecule has 4 rings (SSSR count). The number of carbonyl (C=O) groups excluding carboxylic acids is 2. The molecule has 228 valence electrons. The molecule has 2 aliphatic rings. The zero-order valence-corrected chi connectivity index (χ0v) is 25.7. The minimum Gasteiger partial charge on any atom is -0.493 e. The molecule has 0 spiro atoms. The third kappa shape index (κ3) is 6.66. The molecule has 0 radical (unpaired) electrons. The van der Waals surface area contributed by atoms with Crippen LogP contribution in [0.25, 0.3) is 11.1 Å². The summed E-state index contributed by atoms with van der Waals surface area (Å²) in [6.07, 6.45) is 7.38. The fourth-order valence-corrected chi connectivity index (χ4v) is 6.23. The van der Waals surface area contributed by atoms with E-state index in [1.54, 1.807) is 33.5 Å². The first-order valence-electron chi connectivity index (χ1n) is 15.1. The Labute approximate surface area is 248 Å². The Morgan fingerprint density at radius 2 is 1.67 bits per heavy atom. The average Bonchev–Trinajstić information content (AvgIpc) is 3.23. The van der Waals surface area contributed by atoms with Crippen molar-refractivity contribution in [2.45, 2.75) is 90.3 Å². The number of aryl methyl sites for hydroxylation is 1. The van der Waals surface area contributed by atoms with Crippen LogP contribution in [0.5, 0.6) is 17.2 Å². The number of anilines is 1. The van der Waals surface area contributed by atoms with Crippen LogP contribution in [0.15, 0.2) is 29.1 Å². The Kier molecular flexibility index (Phi) is 10.4. The number of hydrogen-bond acceptors (Lipinski definition) is 7. The zero-order chi connectivity index (χ0) is 30.4. The molecule has 2 aromatic rings. The molecule has 2 amide bonds. The van der Waals surface area contributed by atoms with Crippen LogP contribution in [0.4, 0.5) is 5.69 Å². The van der Waals surface area contributed by atoms with E-state index in [2.05, 4.69) is 16.0 Å². The third-order valence-corrected chi connectivity index (χ3v) is 8.67. The number of nitrogens with one attached hydrogen (secondary N) is 3. The maximum atomic E-state index is 13.8. The molecule has 42 heavy (non-hydrogen) atoms. The van der Waals surface area contributed by atoms with Crippen LogP contribution in [0.1, 0.15) is 82.9 Å². The van der Waals surface area contributed by atoms with E-state index in [1.807, 2.05) is 26.0 Å². The summed E-state index contributed by atoms with van der Waals surface area (Å²) in [4.78, 5) is 39.5. The number of fused-ring (bicyclic) bond motifs is 3. The van der Waals surface area contributed by atoms with Gasteiger partial charge in [-0.1, -0.05) is 45.6 Å². The van der Waals surface area contributed by atoms with E-state index in [-0.39, 0.29) is 29.2 Å². The van der Waals surface area contributed by atoms with Crippen molar-refractivity contribution in [2.75, 3.05) is 26.6 Å². The summed E-state index contributed by atoms with van der Waals surface area (Å²) in [6.45, 7) is 5.54. The van der Waals surface area contributed by atoms with Crippen LogP contribution in [0.2, 0.25) is 0 Å². The van der Waals surface area contributed by atoms with Gasteiger partial charge in [0.05, 0.1) is 33.1 Å². The molecule has 0 saturated heterocycles. The first-order valence-corrected chi connectivity index (χ1v) is 15.1. The highest BCUT2D eigenvalue weighted by Gasteiger charge is 2.31. The summed E-state index contributed by atoms with van der Waals surface area (Å²) in [5.41, 5.74) is 3.24. The predicted molar refractivity (Wildman–Crippen MR) is 165 cm³/mol. The lowest BCUT2D eigenvalue weighted by atomic mass is 9.93. The van der Waals surface area contributed by atoms with E-state index in [9.17, 15) is 14.4 Å². The fraction of sp³-hybridized carbons (Fsp3) is 0.545. The van der Waals surface area contributed by atoms with E-state index in [0.29, 0.717) is 41.3 Å². The van der Waals surface area contributed by atoms with Gasteiger partial charge in [-0.2, -0.15) is 0 Å². The Hall–Kier alpha value is -3.75. The van der Waals surface area contributed by atoms with Crippen molar-refractivity contribution in [1.82, 2.24) is 10.6 Å². The van der Waals surface area contributed by atoms with Gasteiger partial charge in [0.25, 0.3) is 0 Å². The number of carbonyl (C=O) groups is 2. The van der Waals surface area contributed by atoms with Crippen LogP contribution in [0, 0.1) is 5.92 Å². The van der Waals surface area contributed by atoms with E-state index in [1.165, 1.54) is 13.3 Å². The summed E-state index contributed by atoms with van der Waals surface area (Å²) in [5.74, 6) is 1.22. The van der Waals surface area contributed by atoms with Gasteiger partial charge in [-0.3, -0.25) is 14.4 Å².